The van der Waals surface area contributed by atoms with E-state index >= 15 is 0 Å². The van der Waals surface area contributed by atoms with Crippen molar-refractivity contribution < 1.29 is 8.78 Å². The van der Waals surface area contributed by atoms with Crippen LogP contribution in [0.3, 0.4) is 0 Å². The number of hydrogen-bond donors (Lipinski definition) is 0. The maximum atomic E-state index is 12.1. The SMILES string of the molecule is FC1C(F)(Cl)C1(Cl)Cl. The summed E-state index contributed by atoms with van der Waals surface area (Å²) in [6.45, 7) is 0. The standard InChI is InChI=1S/C3HCl3F2/c4-2(5)1(7)3(2,6)8/h1H. The van der Waals surface area contributed by atoms with Gasteiger partial charge in [-0.3, -0.25) is 0 Å². The largest absolute Gasteiger partial charge is 0.253 e. The van der Waals surface area contributed by atoms with Crippen molar-refractivity contribution in [3.8, 4) is 0 Å². The van der Waals surface area contributed by atoms with E-state index in [0.29, 0.717) is 0 Å². The third-order valence-corrected chi connectivity index (χ3v) is 2.61. The van der Waals surface area contributed by atoms with E-state index in [-0.39, 0.29) is 0 Å². The van der Waals surface area contributed by atoms with E-state index in [1.807, 2.05) is 0 Å². The second-order valence-electron chi connectivity index (χ2n) is 1.61. The first-order chi connectivity index (χ1) is 3.40. The predicted molar refractivity (Wildman–Crippen MR) is 29.0 cm³/mol. The molecule has 2 atom stereocenters. The van der Waals surface area contributed by atoms with Crippen molar-refractivity contribution in [3.63, 3.8) is 0 Å². The summed E-state index contributed by atoms with van der Waals surface area (Å²) in [5.41, 5.74) is 0. The molecule has 1 rings (SSSR count). The second kappa shape index (κ2) is 1.41. The van der Waals surface area contributed by atoms with Crippen LogP contribution in [0.1, 0.15) is 0 Å². The van der Waals surface area contributed by atoms with Crippen molar-refractivity contribution in [1.82, 2.24) is 0 Å². The van der Waals surface area contributed by atoms with Crippen LogP contribution in [0.25, 0.3) is 0 Å². The smallest absolute Gasteiger partial charge is 0.239 e. The van der Waals surface area contributed by atoms with Crippen LogP contribution in [0.2, 0.25) is 0 Å². The minimum Gasteiger partial charge on any atom is -0.239 e. The molecule has 0 N–H and O–H groups in total. The molecule has 1 aliphatic carbocycles. The minimum atomic E-state index is -2.56. The molecule has 0 aromatic heterocycles. The summed E-state index contributed by atoms with van der Waals surface area (Å²) in [6, 6.07) is 0. The van der Waals surface area contributed by atoms with Gasteiger partial charge in [0.1, 0.15) is 0 Å². The predicted octanol–water partition coefficient (Wildman–Crippen LogP) is 2.42. The van der Waals surface area contributed by atoms with Gasteiger partial charge in [0.15, 0.2) is 6.17 Å². The highest BCUT2D eigenvalue weighted by atomic mass is 35.5. The van der Waals surface area contributed by atoms with Crippen molar-refractivity contribution in [3.05, 3.63) is 0 Å². The highest BCUT2D eigenvalue weighted by Gasteiger charge is 2.80. The van der Waals surface area contributed by atoms with E-state index in [1.165, 1.54) is 0 Å². The van der Waals surface area contributed by atoms with Crippen LogP contribution in [0, 0.1) is 0 Å². The zero-order chi connectivity index (χ0) is 6.58. The fourth-order valence-corrected chi connectivity index (χ4v) is 1.01. The van der Waals surface area contributed by atoms with Gasteiger partial charge < -0.3 is 0 Å². The minimum absolute atomic E-state index is 1.96. The summed E-state index contributed by atoms with van der Waals surface area (Å²) in [4.78, 5) is 0. The lowest BCUT2D eigenvalue weighted by atomic mass is 10.9. The molecular formula is C3HCl3F2. The number of halogens is 5. The Hall–Kier alpha value is 0.730. The topological polar surface area (TPSA) is 0 Å². The Labute approximate surface area is 59.7 Å². The Bertz CT molecular complexity index is 108. The molecule has 0 aliphatic heterocycles. The zero-order valence-electron chi connectivity index (χ0n) is 3.47. The molecule has 1 aliphatic rings. The summed E-state index contributed by atoms with van der Waals surface area (Å²) < 4.78 is 22.0. The Morgan fingerprint density at radius 2 is 1.38 bits per heavy atom. The molecule has 1 fully saturated rings. The third kappa shape index (κ3) is 0.568. The lowest BCUT2D eigenvalue weighted by Gasteiger charge is -1.90. The average Bonchev–Trinajstić information content (AvgIpc) is 1.88. The Kier molecular flexibility index (Phi) is 1.21. The second-order valence-corrected chi connectivity index (χ2v) is 3.54. The molecule has 0 nitrogen and oxygen atoms in total. The van der Waals surface area contributed by atoms with Gasteiger partial charge in [-0.2, -0.15) is 0 Å². The van der Waals surface area contributed by atoms with E-state index in [0.717, 1.165) is 0 Å². The first-order valence-electron chi connectivity index (χ1n) is 1.80. The molecule has 48 valence electrons. The molecule has 0 amide bonds. The van der Waals surface area contributed by atoms with Crippen molar-refractivity contribution in [1.29, 1.82) is 0 Å². The molecule has 0 spiro atoms. The average molecular weight is 181 g/mol. The lowest BCUT2D eigenvalue weighted by molar-refractivity contribution is 0.337. The quantitative estimate of drug-likeness (QED) is 0.504. The first-order valence-corrected chi connectivity index (χ1v) is 2.94. The van der Waals surface area contributed by atoms with Crippen LogP contribution in [0.4, 0.5) is 8.78 Å². The molecule has 0 heterocycles. The van der Waals surface area contributed by atoms with Gasteiger partial charge in [-0.25, -0.2) is 8.78 Å². The van der Waals surface area contributed by atoms with Crippen LogP contribution in [0.15, 0.2) is 0 Å². The van der Waals surface area contributed by atoms with E-state index in [9.17, 15) is 8.78 Å². The summed E-state index contributed by atoms with van der Waals surface area (Å²) in [6.07, 6.45) is -1.96. The lowest BCUT2D eigenvalue weighted by Crippen LogP contribution is -1.98. The molecule has 2 unspecified atom stereocenters. The first kappa shape index (κ1) is 6.84. The fraction of sp³-hybridized carbons (Fsp3) is 1.00. The molecule has 1 saturated carbocycles. The maximum absolute atomic E-state index is 12.1. The normalized spacial score (nSPS) is 51.4. The summed E-state index contributed by atoms with van der Waals surface area (Å²) in [5.74, 6) is 0. The van der Waals surface area contributed by atoms with Gasteiger partial charge in [0.2, 0.25) is 4.33 Å². The van der Waals surface area contributed by atoms with Gasteiger partial charge in [-0.05, 0) is 0 Å². The Morgan fingerprint density at radius 1 is 1.25 bits per heavy atom. The van der Waals surface area contributed by atoms with Gasteiger partial charge in [-0.1, -0.05) is 34.8 Å². The van der Waals surface area contributed by atoms with E-state index in [1.54, 1.807) is 0 Å². The van der Waals surface area contributed by atoms with Crippen molar-refractivity contribution in [2.24, 2.45) is 0 Å². The van der Waals surface area contributed by atoms with Crippen LogP contribution >= 0.6 is 34.8 Å². The van der Waals surface area contributed by atoms with E-state index < -0.39 is 15.6 Å². The van der Waals surface area contributed by atoms with Crippen molar-refractivity contribution in [2.75, 3.05) is 0 Å². The maximum Gasteiger partial charge on any atom is 0.253 e. The van der Waals surface area contributed by atoms with Gasteiger partial charge in [0, 0.05) is 0 Å². The van der Waals surface area contributed by atoms with Crippen LogP contribution in [-0.4, -0.2) is 15.6 Å². The van der Waals surface area contributed by atoms with Crippen molar-refractivity contribution in [2.45, 2.75) is 15.6 Å². The van der Waals surface area contributed by atoms with Gasteiger partial charge in [-0.15, -0.1) is 0 Å². The van der Waals surface area contributed by atoms with E-state index in [2.05, 4.69) is 0 Å². The summed E-state index contributed by atoms with van der Waals surface area (Å²) >= 11 is 14.7. The molecule has 8 heavy (non-hydrogen) atoms. The number of alkyl halides is 5. The van der Waals surface area contributed by atoms with Crippen LogP contribution in [0.5, 0.6) is 0 Å². The monoisotopic (exact) mass is 180 g/mol. The molecule has 0 aromatic rings. The Balaban J connectivity index is 2.72. The summed E-state index contributed by atoms with van der Waals surface area (Å²) in [7, 11) is 0. The highest BCUT2D eigenvalue weighted by Crippen LogP contribution is 2.64. The third-order valence-electron chi connectivity index (χ3n) is 0.998. The Morgan fingerprint density at radius 3 is 1.38 bits per heavy atom. The molecular weight excluding hydrogens is 180 g/mol. The van der Waals surface area contributed by atoms with Gasteiger partial charge >= 0.3 is 0 Å². The van der Waals surface area contributed by atoms with Gasteiger partial charge in [0.05, 0.1) is 0 Å². The fourth-order valence-electron chi connectivity index (χ4n) is 0.306. The molecule has 0 saturated heterocycles. The molecule has 0 radical (unpaired) electrons. The van der Waals surface area contributed by atoms with Crippen molar-refractivity contribution >= 4 is 34.8 Å². The number of rotatable bonds is 0. The summed E-state index contributed by atoms with van der Waals surface area (Å²) in [5, 5.41) is -2.56. The molecule has 0 bridgehead atoms. The van der Waals surface area contributed by atoms with Gasteiger partial charge in [0.25, 0.3) is 5.13 Å². The molecule has 0 aromatic carbocycles. The van der Waals surface area contributed by atoms with Crippen LogP contribution in [-0.2, 0) is 0 Å². The number of hydrogen-bond acceptors (Lipinski definition) is 0. The highest BCUT2D eigenvalue weighted by molar-refractivity contribution is 6.58. The molecule has 5 heteroatoms. The van der Waals surface area contributed by atoms with Crippen LogP contribution < -0.4 is 0 Å². The van der Waals surface area contributed by atoms with E-state index in [4.69, 9.17) is 34.8 Å². The zero-order valence-corrected chi connectivity index (χ0v) is 5.73.